The highest BCUT2D eigenvalue weighted by Crippen LogP contribution is 2.28. The van der Waals surface area contributed by atoms with Gasteiger partial charge >= 0.3 is 0 Å². The Kier molecular flexibility index (Phi) is 6.26. The number of methoxy groups -OCH3 is 2. The predicted octanol–water partition coefficient (Wildman–Crippen LogP) is 5.24. The molecule has 0 atom stereocenters. The molecule has 0 radical (unpaired) electrons. The molecule has 0 aliphatic heterocycles. The summed E-state index contributed by atoms with van der Waals surface area (Å²) in [4.78, 5) is 16.6. The summed E-state index contributed by atoms with van der Waals surface area (Å²) in [5.41, 5.74) is 2.64. The van der Waals surface area contributed by atoms with Gasteiger partial charge in [0.15, 0.2) is 16.6 Å². The third-order valence-electron chi connectivity index (χ3n) is 3.69. The molecule has 5 nitrogen and oxygen atoms in total. The summed E-state index contributed by atoms with van der Waals surface area (Å²) in [5, 5.41) is 5.24. The minimum atomic E-state index is -0.250. The summed E-state index contributed by atoms with van der Waals surface area (Å²) >= 11 is 4.83. The van der Waals surface area contributed by atoms with E-state index in [0.29, 0.717) is 16.6 Å². The molecule has 0 unspecified atom stereocenters. The second-order valence-electron chi connectivity index (χ2n) is 5.49. The minimum Gasteiger partial charge on any atom is -0.493 e. The number of rotatable bonds is 6. The molecule has 27 heavy (non-hydrogen) atoms. The number of nitrogens with one attached hydrogen (secondary N) is 1. The first kappa shape index (κ1) is 19.1. The lowest BCUT2D eigenvalue weighted by molar-refractivity contribution is -0.111. The number of thiazole rings is 1. The van der Waals surface area contributed by atoms with E-state index in [1.54, 1.807) is 32.4 Å². The molecule has 0 aliphatic carbocycles. The van der Waals surface area contributed by atoms with E-state index in [1.807, 2.05) is 35.7 Å². The first-order valence-electron chi connectivity index (χ1n) is 8.01. The van der Waals surface area contributed by atoms with Crippen LogP contribution in [0.5, 0.6) is 11.5 Å². The Morgan fingerprint density at radius 1 is 1.15 bits per heavy atom. The van der Waals surface area contributed by atoms with E-state index < -0.39 is 0 Å². The fourth-order valence-corrected chi connectivity index (χ4v) is 3.51. The molecule has 3 rings (SSSR count). The Morgan fingerprint density at radius 3 is 2.70 bits per heavy atom. The predicted molar refractivity (Wildman–Crippen MR) is 112 cm³/mol. The van der Waals surface area contributed by atoms with Crippen LogP contribution in [0, 0.1) is 0 Å². The van der Waals surface area contributed by atoms with Gasteiger partial charge < -0.3 is 9.47 Å². The van der Waals surface area contributed by atoms with Crippen molar-refractivity contribution in [3.8, 4) is 22.8 Å². The Hall–Kier alpha value is -2.64. The summed E-state index contributed by atoms with van der Waals surface area (Å²) in [7, 11) is 3.15. The molecule has 7 heteroatoms. The van der Waals surface area contributed by atoms with Crippen LogP contribution >= 0.6 is 27.3 Å². The van der Waals surface area contributed by atoms with E-state index in [4.69, 9.17) is 9.47 Å². The van der Waals surface area contributed by atoms with Crippen LogP contribution in [0.1, 0.15) is 5.56 Å². The topological polar surface area (TPSA) is 60.5 Å². The maximum Gasteiger partial charge on any atom is 0.250 e. The highest BCUT2D eigenvalue weighted by molar-refractivity contribution is 9.10. The van der Waals surface area contributed by atoms with Crippen molar-refractivity contribution < 1.29 is 14.3 Å². The van der Waals surface area contributed by atoms with Crippen molar-refractivity contribution in [3.05, 3.63) is 64.0 Å². The summed E-state index contributed by atoms with van der Waals surface area (Å²) < 4.78 is 11.4. The molecule has 1 aromatic heterocycles. The first-order valence-corrected chi connectivity index (χ1v) is 9.69. The van der Waals surface area contributed by atoms with E-state index in [1.165, 1.54) is 17.4 Å². The SMILES string of the molecule is COc1ccc(/C=C/C(=O)Nc2nc(-c3cccc(Br)c3)cs2)cc1OC. The summed E-state index contributed by atoms with van der Waals surface area (Å²) in [6, 6.07) is 13.3. The van der Waals surface area contributed by atoms with Gasteiger partial charge in [-0.05, 0) is 35.9 Å². The zero-order valence-corrected chi connectivity index (χ0v) is 17.1. The molecular weight excluding hydrogens is 428 g/mol. The number of hydrogen-bond donors (Lipinski definition) is 1. The number of amides is 1. The van der Waals surface area contributed by atoms with Crippen molar-refractivity contribution in [2.45, 2.75) is 0 Å². The van der Waals surface area contributed by atoms with E-state index in [2.05, 4.69) is 26.2 Å². The zero-order chi connectivity index (χ0) is 19.2. The number of aromatic nitrogens is 1. The molecule has 2 aromatic carbocycles. The average Bonchev–Trinajstić information content (AvgIpc) is 3.14. The first-order chi connectivity index (χ1) is 13.1. The number of carbonyl (C=O) groups is 1. The Bertz CT molecular complexity index is 985. The van der Waals surface area contributed by atoms with Gasteiger partial charge in [0.2, 0.25) is 5.91 Å². The molecule has 1 N–H and O–H groups in total. The minimum absolute atomic E-state index is 0.250. The van der Waals surface area contributed by atoms with Crippen molar-refractivity contribution in [2.24, 2.45) is 0 Å². The number of benzene rings is 2. The third kappa shape index (κ3) is 4.96. The van der Waals surface area contributed by atoms with Crippen molar-refractivity contribution in [1.82, 2.24) is 4.98 Å². The highest BCUT2D eigenvalue weighted by atomic mass is 79.9. The van der Waals surface area contributed by atoms with Crippen LogP contribution in [-0.2, 0) is 4.79 Å². The van der Waals surface area contributed by atoms with Gasteiger partial charge in [-0.2, -0.15) is 0 Å². The summed E-state index contributed by atoms with van der Waals surface area (Å²) in [6.45, 7) is 0. The highest BCUT2D eigenvalue weighted by Gasteiger charge is 2.07. The molecular formula is C20H17BrN2O3S. The molecule has 0 fully saturated rings. The monoisotopic (exact) mass is 444 g/mol. The molecule has 0 saturated heterocycles. The fourth-order valence-electron chi connectivity index (χ4n) is 2.39. The van der Waals surface area contributed by atoms with Gasteiger partial charge in [-0.3, -0.25) is 10.1 Å². The number of anilines is 1. The number of carbonyl (C=O) groups excluding carboxylic acids is 1. The lowest BCUT2D eigenvalue weighted by Crippen LogP contribution is -2.07. The van der Waals surface area contributed by atoms with Crippen LogP contribution in [0.15, 0.2) is 58.4 Å². The van der Waals surface area contributed by atoms with Crippen LogP contribution in [0.2, 0.25) is 0 Å². The van der Waals surface area contributed by atoms with Gasteiger partial charge in [0.05, 0.1) is 19.9 Å². The van der Waals surface area contributed by atoms with E-state index in [0.717, 1.165) is 21.3 Å². The second kappa shape index (κ2) is 8.83. The van der Waals surface area contributed by atoms with E-state index in [-0.39, 0.29) is 5.91 Å². The number of hydrogen-bond acceptors (Lipinski definition) is 5. The van der Waals surface area contributed by atoms with Crippen molar-refractivity contribution in [2.75, 3.05) is 19.5 Å². The molecule has 0 spiro atoms. The average molecular weight is 445 g/mol. The Balaban J connectivity index is 1.67. The van der Waals surface area contributed by atoms with Crippen molar-refractivity contribution >= 4 is 44.4 Å². The van der Waals surface area contributed by atoms with Gasteiger partial charge in [0, 0.05) is 21.5 Å². The number of nitrogens with zero attached hydrogens (tertiary/aromatic N) is 1. The smallest absolute Gasteiger partial charge is 0.250 e. The molecule has 0 aliphatic rings. The Morgan fingerprint density at radius 2 is 1.96 bits per heavy atom. The van der Waals surface area contributed by atoms with Crippen LogP contribution < -0.4 is 14.8 Å². The molecule has 0 saturated carbocycles. The Labute approximate surface area is 169 Å². The van der Waals surface area contributed by atoms with Crippen LogP contribution in [0.3, 0.4) is 0 Å². The van der Waals surface area contributed by atoms with Gasteiger partial charge in [0.25, 0.3) is 0 Å². The van der Waals surface area contributed by atoms with Gasteiger partial charge in [-0.1, -0.05) is 34.1 Å². The molecule has 1 amide bonds. The fraction of sp³-hybridized carbons (Fsp3) is 0.100. The van der Waals surface area contributed by atoms with Gasteiger partial charge in [0.1, 0.15) is 0 Å². The lowest BCUT2D eigenvalue weighted by Gasteiger charge is -2.07. The van der Waals surface area contributed by atoms with Gasteiger partial charge in [-0.15, -0.1) is 11.3 Å². The van der Waals surface area contributed by atoms with E-state index in [9.17, 15) is 4.79 Å². The normalized spacial score (nSPS) is 10.8. The standard InChI is InChI=1S/C20H17BrN2O3S/c1-25-17-8-6-13(10-18(17)26-2)7-9-19(24)23-20-22-16(12-27-20)14-4-3-5-15(21)11-14/h3-12H,1-2H3,(H,22,23,24)/b9-7+. The van der Waals surface area contributed by atoms with Crippen molar-refractivity contribution in [3.63, 3.8) is 0 Å². The van der Waals surface area contributed by atoms with Crippen LogP contribution in [0.25, 0.3) is 17.3 Å². The lowest BCUT2D eigenvalue weighted by atomic mass is 10.2. The number of halogens is 1. The maximum absolute atomic E-state index is 12.2. The molecule has 3 aromatic rings. The molecule has 138 valence electrons. The quantitative estimate of drug-likeness (QED) is 0.527. The second-order valence-corrected chi connectivity index (χ2v) is 7.26. The summed E-state index contributed by atoms with van der Waals surface area (Å²) in [6.07, 6.45) is 3.17. The van der Waals surface area contributed by atoms with E-state index >= 15 is 0 Å². The zero-order valence-electron chi connectivity index (χ0n) is 14.7. The third-order valence-corrected chi connectivity index (χ3v) is 4.94. The van der Waals surface area contributed by atoms with Gasteiger partial charge in [-0.25, -0.2) is 4.98 Å². The molecule has 0 bridgehead atoms. The number of ether oxygens (including phenoxy) is 2. The van der Waals surface area contributed by atoms with Crippen LogP contribution in [0.4, 0.5) is 5.13 Å². The largest absolute Gasteiger partial charge is 0.493 e. The van der Waals surface area contributed by atoms with Crippen LogP contribution in [-0.4, -0.2) is 25.1 Å². The maximum atomic E-state index is 12.2. The van der Waals surface area contributed by atoms with Crippen molar-refractivity contribution in [1.29, 1.82) is 0 Å². The molecule has 1 heterocycles. The summed E-state index contributed by atoms with van der Waals surface area (Å²) in [5.74, 6) is 1.00.